The number of benzene rings is 2. The molecule has 4 N–H and O–H groups in total. The normalized spacial score (nSPS) is 28.5. The van der Waals surface area contributed by atoms with Crippen molar-refractivity contribution in [3.05, 3.63) is 47.5 Å². The summed E-state index contributed by atoms with van der Waals surface area (Å²) in [5.41, 5.74) is 8.10. The first-order valence-corrected chi connectivity index (χ1v) is 19.0. The van der Waals surface area contributed by atoms with Gasteiger partial charge in [0.25, 0.3) is 0 Å². The first-order chi connectivity index (χ1) is 25.7. The summed E-state index contributed by atoms with van der Waals surface area (Å²) >= 11 is 0. The van der Waals surface area contributed by atoms with Crippen LogP contribution in [0.25, 0.3) is 0 Å². The highest BCUT2D eigenvalue weighted by Crippen LogP contribution is 2.66. The summed E-state index contributed by atoms with van der Waals surface area (Å²) < 4.78 is 32.7. The largest absolute Gasteiger partial charge is 0.493 e. The molecule has 13 heteroatoms. The molecule has 0 radical (unpaired) electrons. The Bertz CT molecular complexity index is 1710. The number of carbonyl (C=O) groups excluding carboxylic acids is 4. The number of hydrogen-bond acceptors (Lipinski definition) is 11. The molecule has 2 aromatic carbocycles. The maximum absolute atomic E-state index is 12.8. The topological polar surface area (TPSA) is 174 Å². The van der Waals surface area contributed by atoms with E-state index in [1.54, 1.807) is 32.4 Å². The number of nitrogens with one attached hydrogen (secondary N) is 2. The summed E-state index contributed by atoms with van der Waals surface area (Å²) in [6.07, 6.45) is 7.39. The third kappa shape index (κ3) is 9.05. The van der Waals surface area contributed by atoms with Gasteiger partial charge in [-0.2, -0.15) is 0 Å². The minimum atomic E-state index is -1.04. The van der Waals surface area contributed by atoms with E-state index in [-0.39, 0.29) is 59.5 Å². The van der Waals surface area contributed by atoms with Crippen molar-refractivity contribution in [2.24, 2.45) is 34.3 Å². The average molecular weight is 750 g/mol. The Morgan fingerprint density at radius 3 is 2.15 bits per heavy atom. The smallest absolute Gasteiger partial charge is 0.407 e. The highest BCUT2D eigenvalue weighted by molar-refractivity contribution is 5.82. The van der Waals surface area contributed by atoms with E-state index in [9.17, 15) is 19.2 Å². The van der Waals surface area contributed by atoms with Gasteiger partial charge in [0, 0.05) is 24.4 Å². The van der Waals surface area contributed by atoms with E-state index in [1.165, 1.54) is 26.4 Å². The van der Waals surface area contributed by atoms with Gasteiger partial charge in [-0.1, -0.05) is 26.0 Å². The molecule has 294 valence electrons. The van der Waals surface area contributed by atoms with Crippen LogP contribution >= 0.6 is 0 Å². The van der Waals surface area contributed by atoms with E-state index in [2.05, 4.69) is 24.5 Å². The van der Waals surface area contributed by atoms with E-state index in [4.69, 9.17) is 34.2 Å². The van der Waals surface area contributed by atoms with Crippen LogP contribution < -0.4 is 35.3 Å². The van der Waals surface area contributed by atoms with Gasteiger partial charge < -0.3 is 44.8 Å². The summed E-state index contributed by atoms with van der Waals surface area (Å²) in [7, 11) is 4.65. The summed E-state index contributed by atoms with van der Waals surface area (Å²) in [4.78, 5) is 50.8. The molecule has 54 heavy (non-hydrogen) atoms. The maximum atomic E-state index is 12.8. The van der Waals surface area contributed by atoms with E-state index >= 15 is 0 Å². The van der Waals surface area contributed by atoms with Gasteiger partial charge in [-0.25, -0.2) is 4.79 Å². The fourth-order valence-corrected chi connectivity index (χ4v) is 10.4. The van der Waals surface area contributed by atoms with Crippen LogP contribution in [0.3, 0.4) is 0 Å². The van der Waals surface area contributed by atoms with Gasteiger partial charge in [0.05, 0.1) is 33.9 Å². The number of esters is 2. The van der Waals surface area contributed by atoms with Crippen LogP contribution in [-0.4, -0.2) is 76.6 Å². The molecule has 1 saturated heterocycles. The standard InChI is InChI=1S/C41H55N3O10/c1-39-17-27-18-40(2,22-39)24-41(19-27,23-39)44-38(48)53-21-30(42)36(46)43-12-6-7-35(45)54-32-11-9-26(16-34(32)51-5)14-29-28(20-52-37(29)47)13-25-8-10-31(49-3)33(15-25)50-4/h8-11,15-16,27-30H,6-7,12-14,17-24,42H2,1-5H3,(H,43,46)(H,44,48)/t27?,28-,29+,30-,39?,40?,41?/m0/s1. The Balaban J connectivity index is 0.914. The predicted octanol–water partition coefficient (Wildman–Crippen LogP) is 4.89. The zero-order valence-electron chi connectivity index (χ0n) is 32.1. The minimum Gasteiger partial charge on any atom is -0.493 e. The van der Waals surface area contributed by atoms with Crippen LogP contribution in [0, 0.1) is 28.6 Å². The highest BCUT2D eigenvalue weighted by Gasteiger charge is 2.60. The van der Waals surface area contributed by atoms with E-state index in [0.29, 0.717) is 49.0 Å². The van der Waals surface area contributed by atoms with Crippen molar-refractivity contribution in [2.45, 2.75) is 89.6 Å². The number of methoxy groups -OCH3 is 3. The number of rotatable bonds is 16. The summed E-state index contributed by atoms with van der Waals surface area (Å²) in [6, 6.07) is 9.89. The molecule has 7 rings (SSSR count). The zero-order valence-corrected chi connectivity index (χ0v) is 32.1. The summed E-state index contributed by atoms with van der Waals surface area (Å²) in [5, 5.41) is 5.87. The van der Waals surface area contributed by atoms with Crippen molar-refractivity contribution in [3.63, 3.8) is 0 Å². The lowest BCUT2D eigenvalue weighted by Gasteiger charge is -2.65. The lowest BCUT2D eigenvalue weighted by atomic mass is 9.43. The fraction of sp³-hybridized carbons (Fsp3) is 0.610. The van der Waals surface area contributed by atoms with Gasteiger partial charge in [0.2, 0.25) is 5.91 Å². The maximum Gasteiger partial charge on any atom is 0.407 e. The lowest BCUT2D eigenvalue weighted by molar-refractivity contribution is -0.141. The molecule has 2 unspecified atom stereocenters. The molecule has 13 nitrogen and oxygen atoms in total. The predicted molar refractivity (Wildman–Crippen MR) is 198 cm³/mol. The first kappa shape index (κ1) is 39.2. The third-order valence-corrected chi connectivity index (χ3v) is 11.7. The Morgan fingerprint density at radius 2 is 1.50 bits per heavy atom. The highest BCUT2D eigenvalue weighted by atomic mass is 16.6. The Hall–Kier alpha value is -4.52. The van der Waals surface area contributed by atoms with Crippen LogP contribution in [-0.2, 0) is 36.7 Å². The molecular weight excluding hydrogens is 694 g/mol. The van der Waals surface area contributed by atoms with Crippen LogP contribution in [0.4, 0.5) is 4.79 Å². The third-order valence-electron chi connectivity index (χ3n) is 11.7. The molecule has 5 atom stereocenters. The van der Waals surface area contributed by atoms with Crippen molar-refractivity contribution in [1.29, 1.82) is 0 Å². The molecule has 2 aromatic rings. The quantitative estimate of drug-likeness (QED) is 0.121. The van der Waals surface area contributed by atoms with Gasteiger partial charge >= 0.3 is 18.0 Å². The average Bonchev–Trinajstić information content (AvgIpc) is 3.44. The molecule has 5 fully saturated rings. The van der Waals surface area contributed by atoms with Gasteiger partial charge in [-0.15, -0.1) is 0 Å². The molecule has 4 aliphatic carbocycles. The van der Waals surface area contributed by atoms with Crippen molar-refractivity contribution in [2.75, 3.05) is 41.1 Å². The van der Waals surface area contributed by atoms with E-state index in [0.717, 1.165) is 30.4 Å². The van der Waals surface area contributed by atoms with Gasteiger partial charge in [-0.3, -0.25) is 14.4 Å². The van der Waals surface area contributed by atoms with Crippen LogP contribution in [0.5, 0.6) is 23.0 Å². The molecule has 4 saturated carbocycles. The molecule has 2 amide bonds. The molecule has 4 bridgehead atoms. The SMILES string of the molecule is COc1ccc(C[C@H]2COC(=O)[C@@H]2Cc2ccc(OC(=O)CCCNC(=O)[C@@H](N)COC(=O)NC34CC5CC(C)(CC(C)(C5)C3)C4)c(OC)c2)cc1OC. The summed E-state index contributed by atoms with van der Waals surface area (Å²) in [5.74, 6) is 0.872. The number of amides is 2. The van der Waals surface area contributed by atoms with E-state index in [1.807, 2.05) is 18.2 Å². The van der Waals surface area contributed by atoms with Crippen LogP contribution in [0.15, 0.2) is 36.4 Å². The van der Waals surface area contributed by atoms with Crippen molar-refractivity contribution < 1.29 is 47.6 Å². The van der Waals surface area contributed by atoms with Crippen molar-refractivity contribution >= 4 is 23.9 Å². The second-order valence-corrected chi connectivity index (χ2v) is 16.7. The number of ether oxygens (including phenoxy) is 6. The molecule has 1 aliphatic heterocycles. The number of cyclic esters (lactones) is 1. The van der Waals surface area contributed by atoms with Gasteiger partial charge in [0.1, 0.15) is 12.6 Å². The first-order valence-electron chi connectivity index (χ1n) is 19.0. The molecular formula is C41H55N3O10. The molecule has 0 spiro atoms. The second-order valence-electron chi connectivity index (χ2n) is 16.7. The van der Waals surface area contributed by atoms with E-state index < -0.39 is 24.0 Å². The van der Waals surface area contributed by atoms with Gasteiger partial charge in [-0.05, 0) is 110 Å². The van der Waals surface area contributed by atoms with Crippen LogP contribution in [0.2, 0.25) is 0 Å². The summed E-state index contributed by atoms with van der Waals surface area (Å²) in [6.45, 7) is 4.94. The van der Waals surface area contributed by atoms with Crippen LogP contribution in [0.1, 0.15) is 76.3 Å². The zero-order chi connectivity index (χ0) is 38.7. The Morgan fingerprint density at radius 1 is 0.870 bits per heavy atom. The molecule has 0 aromatic heterocycles. The number of alkyl carbamates (subject to hydrolysis) is 1. The minimum absolute atomic E-state index is 0.0337. The van der Waals surface area contributed by atoms with Crippen molar-refractivity contribution in [3.8, 4) is 23.0 Å². The fourth-order valence-electron chi connectivity index (χ4n) is 10.4. The number of hydrogen-bond donors (Lipinski definition) is 3. The Kier molecular flexibility index (Phi) is 11.7. The lowest BCUT2D eigenvalue weighted by Crippen LogP contribution is -2.65. The second kappa shape index (κ2) is 16.1. The van der Waals surface area contributed by atoms with Gasteiger partial charge in [0.15, 0.2) is 23.0 Å². The van der Waals surface area contributed by atoms with Crippen molar-refractivity contribution in [1.82, 2.24) is 10.6 Å². The number of nitrogens with two attached hydrogens (primary N) is 1. The molecule has 1 heterocycles. The monoisotopic (exact) mass is 749 g/mol. The number of carbonyl (C=O) groups is 4. The Labute approximate surface area is 317 Å². The molecule has 5 aliphatic rings.